The molecule has 0 saturated carbocycles. The van der Waals surface area contributed by atoms with Gasteiger partial charge >= 0.3 is 0 Å². The number of nitrogens with zero attached hydrogens (tertiary/aromatic N) is 2. The summed E-state index contributed by atoms with van der Waals surface area (Å²) in [6.45, 7) is 0. The SMILES string of the molecule is COc1ccc2nc(/N=C/c3cc(Br)ccc3O)sc2c1. The maximum absolute atomic E-state index is 9.78. The van der Waals surface area contributed by atoms with Crippen molar-refractivity contribution < 1.29 is 9.84 Å². The van der Waals surface area contributed by atoms with Crippen LogP contribution in [0.2, 0.25) is 0 Å². The summed E-state index contributed by atoms with van der Waals surface area (Å²) in [5.41, 5.74) is 1.52. The van der Waals surface area contributed by atoms with E-state index >= 15 is 0 Å². The van der Waals surface area contributed by atoms with Crippen LogP contribution in [0.3, 0.4) is 0 Å². The summed E-state index contributed by atoms with van der Waals surface area (Å²) in [5.74, 6) is 0.982. The van der Waals surface area contributed by atoms with Gasteiger partial charge in [-0.1, -0.05) is 27.3 Å². The van der Waals surface area contributed by atoms with Crippen LogP contribution in [0.25, 0.3) is 10.2 Å². The maximum Gasteiger partial charge on any atom is 0.210 e. The lowest BCUT2D eigenvalue weighted by atomic mass is 10.2. The van der Waals surface area contributed by atoms with E-state index in [4.69, 9.17) is 4.74 Å². The van der Waals surface area contributed by atoms with Crippen LogP contribution in [0.4, 0.5) is 5.13 Å². The highest BCUT2D eigenvalue weighted by molar-refractivity contribution is 9.10. The minimum Gasteiger partial charge on any atom is -0.507 e. The monoisotopic (exact) mass is 362 g/mol. The lowest BCUT2D eigenvalue weighted by Crippen LogP contribution is -1.82. The van der Waals surface area contributed by atoms with Crippen molar-refractivity contribution >= 4 is 48.8 Å². The van der Waals surface area contributed by atoms with Crippen molar-refractivity contribution in [1.29, 1.82) is 0 Å². The molecule has 0 unspecified atom stereocenters. The van der Waals surface area contributed by atoms with E-state index < -0.39 is 0 Å². The maximum atomic E-state index is 9.78. The summed E-state index contributed by atoms with van der Waals surface area (Å²) < 4.78 is 7.09. The van der Waals surface area contributed by atoms with E-state index in [2.05, 4.69) is 25.9 Å². The summed E-state index contributed by atoms with van der Waals surface area (Å²) in [6, 6.07) is 10.9. The van der Waals surface area contributed by atoms with E-state index in [1.54, 1.807) is 31.5 Å². The smallest absolute Gasteiger partial charge is 0.210 e. The number of phenolic OH excluding ortho intramolecular Hbond substituents is 1. The minimum atomic E-state index is 0.185. The number of thiazole rings is 1. The Bertz CT molecular complexity index is 830. The molecule has 3 rings (SSSR count). The summed E-state index contributed by atoms with van der Waals surface area (Å²) in [5, 5.41) is 10.4. The molecule has 0 saturated heterocycles. The number of aromatic hydroxyl groups is 1. The molecule has 0 fully saturated rings. The van der Waals surface area contributed by atoms with Gasteiger partial charge in [-0.25, -0.2) is 9.98 Å². The Labute approximate surface area is 133 Å². The van der Waals surface area contributed by atoms with Crippen molar-refractivity contribution in [3.05, 3.63) is 46.4 Å². The number of phenols is 1. The van der Waals surface area contributed by atoms with Gasteiger partial charge in [0.25, 0.3) is 0 Å². The summed E-state index contributed by atoms with van der Waals surface area (Å²) in [4.78, 5) is 8.76. The van der Waals surface area contributed by atoms with Crippen molar-refractivity contribution in [2.24, 2.45) is 4.99 Å². The Morgan fingerprint density at radius 2 is 2.14 bits per heavy atom. The van der Waals surface area contributed by atoms with Crippen LogP contribution < -0.4 is 4.74 Å². The summed E-state index contributed by atoms with van der Waals surface area (Å²) >= 11 is 4.84. The highest BCUT2D eigenvalue weighted by atomic mass is 79.9. The average Bonchev–Trinajstić information content (AvgIpc) is 2.89. The normalized spacial score (nSPS) is 11.3. The number of methoxy groups -OCH3 is 1. The number of halogens is 1. The Kier molecular flexibility index (Phi) is 3.90. The number of ether oxygens (including phenoxy) is 1. The fourth-order valence-corrected chi connectivity index (χ4v) is 3.05. The third kappa shape index (κ3) is 3.06. The lowest BCUT2D eigenvalue weighted by Gasteiger charge is -1.97. The summed E-state index contributed by atoms with van der Waals surface area (Å²) in [6.07, 6.45) is 1.61. The highest BCUT2D eigenvalue weighted by Gasteiger charge is 2.04. The quantitative estimate of drug-likeness (QED) is 0.696. The van der Waals surface area contributed by atoms with Crippen LogP contribution in [0, 0.1) is 0 Å². The van der Waals surface area contributed by atoms with E-state index in [1.165, 1.54) is 11.3 Å². The number of hydrogen-bond acceptors (Lipinski definition) is 5. The molecule has 0 atom stereocenters. The molecule has 3 aromatic rings. The highest BCUT2D eigenvalue weighted by Crippen LogP contribution is 2.31. The van der Waals surface area contributed by atoms with Gasteiger partial charge in [0.1, 0.15) is 11.5 Å². The molecular formula is C15H11BrN2O2S. The van der Waals surface area contributed by atoms with E-state index in [0.717, 1.165) is 20.4 Å². The number of aliphatic imine (C=N–C) groups is 1. The number of rotatable bonds is 3. The predicted molar refractivity (Wildman–Crippen MR) is 89.2 cm³/mol. The van der Waals surface area contributed by atoms with Crippen molar-refractivity contribution in [2.75, 3.05) is 7.11 Å². The number of benzene rings is 2. The molecular weight excluding hydrogens is 352 g/mol. The molecule has 0 aliphatic carbocycles. The Morgan fingerprint density at radius 1 is 1.29 bits per heavy atom. The topological polar surface area (TPSA) is 54.7 Å². The molecule has 0 aliphatic heterocycles. The van der Waals surface area contributed by atoms with Crippen molar-refractivity contribution in [1.82, 2.24) is 4.98 Å². The van der Waals surface area contributed by atoms with Crippen LogP contribution in [0.1, 0.15) is 5.56 Å². The molecule has 0 amide bonds. The van der Waals surface area contributed by atoms with Crippen LogP contribution in [-0.2, 0) is 0 Å². The largest absolute Gasteiger partial charge is 0.507 e. The minimum absolute atomic E-state index is 0.185. The van der Waals surface area contributed by atoms with Crippen molar-refractivity contribution in [2.45, 2.75) is 0 Å². The van der Waals surface area contributed by atoms with Crippen molar-refractivity contribution in [3.63, 3.8) is 0 Å². The zero-order chi connectivity index (χ0) is 14.8. The molecule has 0 bridgehead atoms. The molecule has 0 aliphatic rings. The molecule has 1 heterocycles. The third-order valence-corrected chi connectivity index (χ3v) is 4.31. The van der Waals surface area contributed by atoms with E-state index in [-0.39, 0.29) is 5.75 Å². The van der Waals surface area contributed by atoms with Gasteiger partial charge < -0.3 is 9.84 Å². The molecule has 1 N–H and O–H groups in total. The van der Waals surface area contributed by atoms with Gasteiger partial charge in [0.15, 0.2) is 0 Å². The second kappa shape index (κ2) is 5.83. The molecule has 106 valence electrons. The summed E-state index contributed by atoms with van der Waals surface area (Å²) in [7, 11) is 1.64. The Hall–Kier alpha value is -1.92. The lowest BCUT2D eigenvalue weighted by molar-refractivity contribution is 0.415. The number of aromatic nitrogens is 1. The zero-order valence-electron chi connectivity index (χ0n) is 11.1. The predicted octanol–water partition coefficient (Wildman–Crippen LogP) is 4.52. The zero-order valence-corrected chi connectivity index (χ0v) is 13.5. The van der Waals surface area contributed by atoms with Gasteiger partial charge in [0, 0.05) is 16.3 Å². The average molecular weight is 363 g/mol. The van der Waals surface area contributed by atoms with Gasteiger partial charge in [-0.2, -0.15) is 0 Å². The van der Waals surface area contributed by atoms with Gasteiger partial charge in [-0.05, 0) is 36.4 Å². The standard InChI is InChI=1S/C15H11BrN2O2S/c1-20-11-3-4-12-14(7-11)21-15(18-12)17-8-9-6-10(16)2-5-13(9)19/h2-8,19H,1H3/b17-8+. The number of hydrogen-bond donors (Lipinski definition) is 1. The van der Waals surface area contributed by atoms with Gasteiger partial charge in [0.05, 0.1) is 17.3 Å². The molecule has 2 aromatic carbocycles. The third-order valence-electron chi connectivity index (χ3n) is 2.89. The first kappa shape index (κ1) is 14.0. The van der Waals surface area contributed by atoms with Crippen LogP contribution >= 0.6 is 27.3 Å². The molecule has 1 aromatic heterocycles. The first-order chi connectivity index (χ1) is 10.2. The molecule has 0 radical (unpaired) electrons. The second-order valence-electron chi connectivity index (χ2n) is 4.29. The first-order valence-corrected chi connectivity index (χ1v) is 7.74. The molecule has 6 heteroatoms. The number of fused-ring (bicyclic) bond motifs is 1. The van der Waals surface area contributed by atoms with Gasteiger partial charge in [-0.3, -0.25) is 0 Å². The Morgan fingerprint density at radius 3 is 2.95 bits per heavy atom. The van der Waals surface area contributed by atoms with Crippen LogP contribution in [0.15, 0.2) is 45.9 Å². The van der Waals surface area contributed by atoms with Gasteiger partial charge in [0.2, 0.25) is 5.13 Å². The molecule has 4 nitrogen and oxygen atoms in total. The van der Waals surface area contributed by atoms with Gasteiger partial charge in [-0.15, -0.1) is 0 Å². The van der Waals surface area contributed by atoms with E-state index in [0.29, 0.717) is 10.7 Å². The first-order valence-electron chi connectivity index (χ1n) is 6.13. The second-order valence-corrected chi connectivity index (χ2v) is 6.22. The van der Waals surface area contributed by atoms with Crippen LogP contribution in [0.5, 0.6) is 11.5 Å². The van der Waals surface area contributed by atoms with E-state index in [9.17, 15) is 5.11 Å². The molecule has 0 spiro atoms. The molecule has 21 heavy (non-hydrogen) atoms. The van der Waals surface area contributed by atoms with E-state index in [1.807, 2.05) is 18.2 Å². The fraction of sp³-hybridized carbons (Fsp3) is 0.0667. The fourth-order valence-electron chi connectivity index (χ4n) is 1.83. The Balaban J connectivity index is 1.94. The van der Waals surface area contributed by atoms with Crippen LogP contribution in [-0.4, -0.2) is 23.4 Å². The van der Waals surface area contributed by atoms with Crippen molar-refractivity contribution in [3.8, 4) is 11.5 Å².